The van der Waals surface area contributed by atoms with E-state index >= 15 is 0 Å². The van der Waals surface area contributed by atoms with Crippen LogP contribution in [0.1, 0.15) is 22.3 Å². The first-order chi connectivity index (χ1) is 31.2. The normalized spacial score (nSPS) is 13.2. The molecule has 2 aromatic heterocycles. The molecular weight excluding hydrogens is 765 g/mol. The molecule has 0 fully saturated rings. The van der Waals surface area contributed by atoms with Crippen molar-refractivity contribution in [3.8, 4) is 33.4 Å². The second-order valence-corrected chi connectivity index (χ2v) is 17.2. The molecule has 0 radical (unpaired) electrons. The van der Waals surface area contributed by atoms with Gasteiger partial charge >= 0.3 is 0 Å². The average molecular weight is 801 g/mol. The van der Waals surface area contributed by atoms with Crippen molar-refractivity contribution >= 4 is 76.2 Å². The molecule has 11 aromatic carbocycles. The van der Waals surface area contributed by atoms with E-state index in [1.165, 1.54) is 65.7 Å². The number of fused-ring (bicyclic) bond motifs is 13. The van der Waals surface area contributed by atoms with Gasteiger partial charge < -0.3 is 8.83 Å². The highest BCUT2D eigenvalue weighted by atomic mass is 16.3. The van der Waals surface area contributed by atoms with Gasteiger partial charge in [0.2, 0.25) is 0 Å². The van der Waals surface area contributed by atoms with Crippen molar-refractivity contribution in [2.24, 2.45) is 0 Å². The fraction of sp³-hybridized carbons (Fsp3) is 0.0164. The van der Waals surface area contributed by atoms with Gasteiger partial charge in [-0.1, -0.05) is 158 Å². The molecule has 0 N–H and O–H groups in total. The summed E-state index contributed by atoms with van der Waals surface area (Å²) < 4.78 is 13.1. The van der Waals surface area contributed by atoms with Crippen LogP contribution in [0, 0.1) is 0 Å². The van der Waals surface area contributed by atoms with Crippen LogP contribution in [-0.2, 0) is 5.41 Å². The Labute approximate surface area is 362 Å². The topological polar surface area (TPSA) is 26.3 Å². The first kappa shape index (κ1) is 34.5. The Hall–Kier alpha value is -8.20. The Balaban J connectivity index is 0.951. The molecule has 0 bridgehead atoms. The minimum atomic E-state index is -0.579. The van der Waals surface area contributed by atoms with E-state index in [-0.39, 0.29) is 0 Å². The lowest BCUT2D eigenvalue weighted by Crippen LogP contribution is -2.28. The van der Waals surface area contributed by atoms with E-state index in [2.05, 4.69) is 218 Å². The summed E-state index contributed by atoms with van der Waals surface area (Å²) >= 11 is 0. The lowest BCUT2D eigenvalue weighted by Gasteiger charge is -2.35. The van der Waals surface area contributed by atoms with Gasteiger partial charge in [0.25, 0.3) is 0 Å². The van der Waals surface area contributed by atoms with Crippen molar-refractivity contribution < 1.29 is 8.83 Å². The summed E-state index contributed by atoms with van der Waals surface area (Å²) in [6, 6.07) is 80.1. The Morgan fingerprint density at radius 2 is 0.698 bits per heavy atom. The third-order valence-corrected chi connectivity index (χ3v) is 13.9. The lowest BCUT2D eigenvalue weighted by molar-refractivity contribution is 0.669. The van der Waals surface area contributed by atoms with Gasteiger partial charge in [-0.2, -0.15) is 0 Å². The van der Waals surface area contributed by atoms with Crippen LogP contribution in [0.2, 0.25) is 0 Å². The summed E-state index contributed by atoms with van der Waals surface area (Å²) in [5.41, 5.74) is 15.2. The second kappa shape index (κ2) is 12.9. The Morgan fingerprint density at radius 1 is 0.270 bits per heavy atom. The molecule has 0 spiro atoms. The van der Waals surface area contributed by atoms with Gasteiger partial charge in [0, 0.05) is 21.5 Å². The molecule has 0 unspecified atom stereocenters. The van der Waals surface area contributed by atoms with Gasteiger partial charge in [0.05, 0.1) is 5.41 Å². The summed E-state index contributed by atoms with van der Waals surface area (Å²) in [7, 11) is 0. The molecule has 1 aliphatic rings. The molecular formula is C61H36O2. The minimum absolute atomic E-state index is 0.579. The molecule has 2 heterocycles. The first-order valence-corrected chi connectivity index (χ1v) is 21.7. The van der Waals surface area contributed by atoms with Gasteiger partial charge in [0.1, 0.15) is 22.3 Å². The quantitative estimate of drug-likeness (QED) is 0.177. The van der Waals surface area contributed by atoms with Crippen molar-refractivity contribution in [3.05, 3.63) is 241 Å². The Kier molecular flexibility index (Phi) is 7.07. The maximum Gasteiger partial charge on any atom is 0.136 e. The van der Waals surface area contributed by atoms with Crippen molar-refractivity contribution in [1.29, 1.82) is 0 Å². The average Bonchev–Trinajstić information content (AvgIpc) is 3.99. The zero-order valence-electron chi connectivity index (χ0n) is 34.1. The number of hydrogen-bond acceptors (Lipinski definition) is 2. The highest BCUT2D eigenvalue weighted by molar-refractivity contribution is 6.12. The fourth-order valence-corrected chi connectivity index (χ4v) is 11.0. The molecule has 0 saturated heterocycles. The predicted octanol–water partition coefficient (Wildman–Crippen LogP) is 16.6. The smallest absolute Gasteiger partial charge is 0.136 e. The molecule has 14 rings (SSSR count). The summed E-state index contributed by atoms with van der Waals surface area (Å²) in [5, 5.41) is 11.8. The number of furan rings is 2. The van der Waals surface area contributed by atoms with Crippen LogP contribution in [0.3, 0.4) is 0 Å². The summed E-state index contributed by atoms with van der Waals surface area (Å²) in [6.45, 7) is 0. The highest BCUT2D eigenvalue weighted by Crippen LogP contribution is 2.59. The molecule has 0 saturated carbocycles. The van der Waals surface area contributed by atoms with Crippen molar-refractivity contribution in [1.82, 2.24) is 0 Å². The standard InChI is InChI=1S/C61H36O2/c1-3-15-46(16-4-1)61(47-17-5-2-6-18-47)55-32-42(44-22-27-51-54-31-38-12-8-10-14-40(38)34-59(54)63-57(51)36-44)20-25-49(55)52-28-23-45-29-41(19-24-48(45)60(52)61)43-21-26-50-53-30-37-11-7-9-13-39(37)33-58(53)62-56(50)35-43/h1-36H. The molecule has 2 nitrogen and oxygen atoms in total. The van der Waals surface area contributed by atoms with Gasteiger partial charge in [-0.25, -0.2) is 0 Å². The molecule has 2 heteroatoms. The number of benzene rings is 11. The number of hydrogen-bond donors (Lipinski definition) is 0. The van der Waals surface area contributed by atoms with Crippen LogP contribution >= 0.6 is 0 Å². The van der Waals surface area contributed by atoms with E-state index in [9.17, 15) is 0 Å². The summed E-state index contributed by atoms with van der Waals surface area (Å²) in [4.78, 5) is 0. The van der Waals surface area contributed by atoms with E-state index in [1.807, 2.05) is 0 Å². The fourth-order valence-electron chi connectivity index (χ4n) is 11.0. The first-order valence-electron chi connectivity index (χ1n) is 21.7. The maximum atomic E-state index is 6.58. The van der Waals surface area contributed by atoms with Crippen molar-refractivity contribution in [2.45, 2.75) is 5.41 Å². The van der Waals surface area contributed by atoms with Gasteiger partial charge in [-0.15, -0.1) is 0 Å². The van der Waals surface area contributed by atoms with Crippen LogP contribution in [0.5, 0.6) is 0 Å². The van der Waals surface area contributed by atoms with Crippen molar-refractivity contribution in [2.75, 3.05) is 0 Å². The molecule has 292 valence electrons. The van der Waals surface area contributed by atoms with Gasteiger partial charge in [-0.05, 0) is 149 Å². The van der Waals surface area contributed by atoms with Crippen LogP contribution in [0.4, 0.5) is 0 Å². The van der Waals surface area contributed by atoms with E-state index in [4.69, 9.17) is 8.83 Å². The molecule has 0 amide bonds. The van der Waals surface area contributed by atoms with Crippen LogP contribution < -0.4 is 0 Å². The van der Waals surface area contributed by atoms with Crippen LogP contribution in [0.25, 0.3) is 110 Å². The third-order valence-electron chi connectivity index (χ3n) is 13.9. The van der Waals surface area contributed by atoms with E-state index < -0.39 is 5.41 Å². The minimum Gasteiger partial charge on any atom is -0.456 e. The molecule has 1 aliphatic carbocycles. The van der Waals surface area contributed by atoms with E-state index in [1.54, 1.807) is 0 Å². The Morgan fingerprint density at radius 3 is 1.25 bits per heavy atom. The zero-order valence-corrected chi connectivity index (χ0v) is 34.1. The highest BCUT2D eigenvalue weighted by Gasteiger charge is 2.47. The van der Waals surface area contributed by atoms with E-state index in [0.717, 1.165) is 66.1 Å². The zero-order chi connectivity index (χ0) is 41.2. The maximum absolute atomic E-state index is 6.58. The molecule has 63 heavy (non-hydrogen) atoms. The largest absolute Gasteiger partial charge is 0.456 e. The third kappa shape index (κ3) is 4.95. The van der Waals surface area contributed by atoms with Crippen LogP contribution in [-0.4, -0.2) is 0 Å². The molecule has 0 atom stereocenters. The Bertz CT molecular complexity index is 3980. The SMILES string of the molecule is c1ccc(C2(c3ccccc3)c3cc(-c4ccc5c(c4)oc4cc6ccccc6cc45)ccc3-c3ccc4cc(-c5ccc6c(c5)oc5cc7ccccc7cc56)ccc4c32)cc1. The van der Waals surface area contributed by atoms with Crippen LogP contribution in [0.15, 0.2) is 227 Å². The number of rotatable bonds is 4. The molecule has 13 aromatic rings. The summed E-state index contributed by atoms with van der Waals surface area (Å²) in [5.74, 6) is 0. The van der Waals surface area contributed by atoms with E-state index in [0.29, 0.717) is 0 Å². The second-order valence-electron chi connectivity index (χ2n) is 17.2. The van der Waals surface area contributed by atoms with Gasteiger partial charge in [-0.3, -0.25) is 0 Å². The van der Waals surface area contributed by atoms with Crippen molar-refractivity contribution in [3.63, 3.8) is 0 Å². The lowest BCUT2D eigenvalue weighted by atomic mass is 9.66. The molecule has 0 aliphatic heterocycles. The summed E-state index contributed by atoms with van der Waals surface area (Å²) in [6.07, 6.45) is 0. The van der Waals surface area contributed by atoms with Gasteiger partial charge in [0.15, 0.2) is 0 Å². The monoisotopic (exact) mass is 800 g/mol. The predicted molar refractivity (Wildman–Crippen MR) is 262 cm³/mol.